The first kappa shape index (κ1) is 12.7. The molecule has 0 N–H and O–H groups in total. The third-order valence-electron chi connectivity index (χ3n) is 3.09. The van der Waals surface area contributed by atoms with Gasteiger partial charge in [-0.05, 0) is 26.3 Å². The van der Waals surface area contributed by atoms with E-state index in [0.717, 1.165) is 5.56 Å². The van der Waals surface area contributed by atoms with Gasteiger partial charge >= 0.3 is 0 Å². The molecule has 2 rings (SSSR count). The van der Waals surface area contributed by atoms with Gasteiger partial charge in [-0.2, -0.15) is 0 Å². The SMILES string of the molecule is Cc1ccc(C2N(C(C)C)C(=O)C2(Cl)Cl)cc1. The van der Waals surface area contributed by atoms with Crippen LogP contribution in [0.5, 0.6) is 0 Å². The van der Waals surface area contributed by atoms with E-state index in [4.69, 9.17) is 23.2 Å². The molecule has 1 amide bonds. The van der Waals surface area contributed by atoms with Crippen molar-refractivity contribution in [3.63, 3.8) is 0 Å². The lowest BCUT2D eigenvalue weighted by Gasteiger charge is -2.51. The molecule has 1 heterocycles. The smallest absolute Gasteiger partial charge is 0.262 e. The molecule has 1 fully saturated rings. The van der Waals surface area contributed by atoms with Gasteiger partial charge in [-0.3, -0.25) is 4.79 Å². The van der Waals surface area contributed by atoms with E-state index in [2.05, 4.69) is 0 Å². The number of hydrogen-bond acceptors (Lipinski definition) is 1. The molecule has 2 nitrogen and oxygen atoms in total. The maximum Gasteiger partial charge on any atom is 0.262 e. The second-order valence-corrected chi connectivity index (χ2v) is 6.13. The molecule has 1 saturated heterocycles. The van der Waals surface area contributed by atoms with E-state index in [9.17, 15) is 4.79 Å². The number of β-lactam (4-membered cyclic amide) rings is 1. The van der Waals surface area contributed by atoms with Crippen LogP contribution in [-0.2, 0) is 4.79 Å². The lowest BCUT2D eigenvalue weighted by atomic mass is 9.90. The standard InChI is InChI=1S/C13H15Cl2NO/c1-8(2)16-11(13(14,15)12(16)17)10-6-4-9(3)5-7-10/h4-8,11H,1-3H3. The Balaban J connectivity index is 2.36. The topological polar surface area (TPSA) is 20.3 Å². The maximum absolute atomic E-state index is 11.8. The number of halogens is 2. The molecule has 92 valence electrons. The molecule has 0 saturated carbocycles. The zero-order chi connectivity index (χ0) is 12.8. The normalized spacial score (nSPS) is 22.8. The first-order valence-corrected chi connectivity index (χ1v) is 6.38. The highest BCUT2D eigenvalue weighted by molar-refractivity contribution is 6.60. The summed E-state index contributed by atoms with van der Waals surface area (Å²) in [5.41, 5.74) is 2.15. The van der Waals surface area contributed by atoms with Gasteiger partial charge < -0.3 is 4.90 Å². The van der Waals surface area contributed by atoms with E-state index in [1.807, 2.05) is 45.0 Å². The quantitative estimate of drug-likeness (QED) is 0.596. The van der Waals surface area contributed by atoms with Crippen molar-refractivity contribution in [3.05, 3.63) is 35.4 Å². The highest BCUT2D eigenvalue weighted by Crippen LogP contribution is 2.51. The van der Waals surface area contributed by atoms with Gasteiger partial charge in [0, 0.05) is 6.04 Å². The molecule has 0 bridgehead atoms. The van der Waals surface area contributed by atoms with Crippen LogP contribution in [-0.4, -0.2) is 21.2 Å². The molecule has 1 aromatic carbocycles. The second kappa shape index (κ2) is 4.18. The van der Waals surface area contributed by atoms with Gasteiger partial charge in [-0.25, -0.2) is 0 Å². The molecule has 0 aromatic heterocycles. The van der Waals surface area contributed by atoms with Crippen LogP contribution in [0.3, 0.4) is 0 Å². The molecule has 1 aliphatic heterocycles. The molecular weight excluding hydrogens is 257 g/mol. The van der Waals surface area contributed by atoms with Crippen LogP contribution in [0.4, 0.5) is 0 Å². The largest absolute Gasteiger partial charge is 0.327 e. The molecule has 4 heteroatoms. The van der Waals surface area contributed by atoms with Crippen LogP contribution in [0.15, 0.2) is 24.3 Å². The summed E-state index contributed by atoms with van der Waals surface area (Å²) < 4.78 is -1.32. The van der Waals surface area contributed by atoms with Gasteiger partial charge in [0.1, 0.15) is 0 Å². The number of nitrogens with zero attached hydrogens (tertiary/aromatic N) is 1. The number of carbonyl (C=O) groups is 1. The van der Waals surface area contributed by atoms with Gasteiger partial charge in [0.05, 0.1) is 6.04 Å². The predicted octanol–water partition coefficient (Wildman–Crippen LogP) is 3.46. The third kappa shape index (κ3) is 1.94. The van der Waals surface area contributed by atoms with E-state index >= 15 is 0 Å². The number of carbonyl (C=O) groups excluding carboxylic acids is 1. The molecule has 0 radical (unpaired) electrons. The molecule has 1 unspecified atom stereocenters. The van der Waals surface area contributed by atoms with Crippen LogP contribution in [0.2, 0.25) is 0 Å². The highest BCUT2D eigenvalue weighted by atomic mass is 35.5. The summed E-state index contributed by atoms with van der Waals surface area (Å²) in [6, 6.07) is 7.79. The second-order valence-electron chi connectivity index (χ2n) is 4.74. The van der Waals surface area contributed by atoms with Crippen molar-refractivity contribution in [3.8, 4) is 0 Å². The molecular formula is C13H15Cl2NO. The van der Waals surface area contributed by atoms with Gasteiger partial charge in [-0.1, -0.05) is 53.0 Å². The third-order valence-corrected chi connectivity index (χ3v) is 3.83. The van der Waals surface area contributed by atoms with Crippen molar-refractivity contribution in [2.45, 2.75) is 37.2 Å². The highest BCUT2D eigenvalue weighted by Gasteiger charge is 2.60. The van der Waals surface area contributed by atoms with Crippen molar-refractivity contribution in [1.82, 2.24) is 4.90 Å². The summed E-state index contributed by atoms with van der Waals surface area (Å²) in [4.78, 5) is 13.6. The minimum atomic E-state index is -1.32. The van der Waals surface area contributed by atoms with Gasteiger partial charge in [-0.15, -0.1) is 0 Å². The van der Waals surface area contributed by atoms with Gasteiger partial charge in [0.2, 0.25) is 4.33 Å². The Morgan fingerprint density at radius 2 is 1.76 bits per heavy atom. The van der Waals surface area contributed by atoms with E-state index in [1.165, 1.54) is 5.56 Å². The Kier molecular flexibility index (Phi) is 3.13. The van der Waals surface area contributed by atoms with Crippen LogP contribution >= 0.6 is 23.2 Å². The average molecular weight is 272 g/mol. The number of rotatable bonds is 2. The Morgan fingerprint density at radius 1 is 1.24 bits per heavy atom. The predicted molar refractivity (Wildman–Crippen MR) is 70.3 cm³/mol. The fraction of sp³-hybridized carbons (Fsp3) is 0.462. The number of hydrogen-bond donors (Lipinski definition) is 0. The molecule has 17 heavy (non-hydrogen) atoms. The molecule has 0 spiro atoms. The molecule has 1 aliphatic rings. The minimum absolute atomic E-state index is 0.0967. The Morgan fingerprint density at radius 3 is 2.24 bits per heavy atom. The number of benzene rings is 1. The van der Waals surface area contributed by atoms with Crippen molar-refractivity contribution in [2.24, 2.45) is 0 Å². The summed E-state index contributed by atoms with van der Waals surface area (Å²) in [7, 11) is 0. The number of alkyl halides is 2. The summed E-state index contributed by atoms with van der Waals surface area (Å²) in [5.74, 6) is -0.207. The Labute approximate surface area is 112 Å². The van der Waals surface area contributed by atoms with Crippen LogP contribution in [0.1, 0.15) is 31.0 Å². The van der Waals surface area contributed by atoms with Crippen molar-refractivity contribution in [2.75, 3.05) is 0 Å². The van der Waals surface area contributed by atoms with Crippen molar-refractivity contribution >= 4 is 29.1 Å². The zero-order valence-corrected chi connectivity index (χ0v) is 11.6. The van der Waals surface area contributed by atoms with Crippen LogP contribution in [0.25, 0.3) is 0 Å². The van der Waals surface area contributed by atoms with E-state index in [1.54, 1.807) is 4.90 Å². The Hall–Kier alpha value is -0.730. The molecule has 1 aromatic rings. The fourth-order valence-electron chi connectivity index (χ4n) is 2.17. The first-order chi connectivity index (χ1) is 7.85. The lowest BCUT2D eigenvalue weighted by molar-refractivity contribution is -0.151. The number of aryl methyl sites for hydroxylation is 1. The molecule has 1 atom stereocenters. The van der Waals surface area contributed by atoms with E-state index in [0.29, 0.717) is 0 Å². The van der Waals surface area contributed by atoms with Gasteiger partial charge in [0.25, 0.3) is 5.91 Å². The van der Waals surface area contributed by atoms with Gasteiger partial charge in [0.15, 0.2) is 0 Å². The summed E-state index contributed by atoms with van der Waals surface area (Å²) in [5, 5.41) is 0. The monoisotopic (exact) mass is 271 g/mol. The lowest BCUT2D eigenvalue weighted by Crippen LogP contribution is -2.64. The van der Waals surface area contributed by atoms with E-state index < -0.39 is 4.33 Å². The minimum Gasteiger partial charge on any atom is -0.327 e. The van der Waals surface area contributed by atoms with Crippen LogP contribution < -0.4 is 0 Å². The first-order valence-electron chi connectivity index (χ1n) is 5.63. The zero-order valence-electron chi connectivity index (χ0n) is 10.1. The average Bonchev–Trinajstić information content (AvgIpc) is 2.26. The van der Waals surface area contributed by atoms with Crippen molar-refractivity contribution in [1.29, 1.82) is 0 Å². The summed E-state index contributed by atoms with van der Waals surface area (Å²) in [6.07, 6.45) is 0. The maximum atomic E-state index is 11.8. The number of amides is 1. The fourth-order valence-corrected chi connectivity index (χ4v) is 2.82. The number of likely N-dealkylation sites (tertiary alicyclic amines) is 1. The van der Waals surface area contributed by atoms with Crippen LogP contribution in [0, 0.1) is 6.92 Å². The molecule has 0 aliphatic carbocycles. The van der Waals surface area contributed by atoms with E-state index in [-0.39, 0.29) is 18.0 Å². The summed E-state index contributed by atoms with van der Waals surface area (Å²) in [6.45, 7) is 5.94. The summed E-state index contributed by atoms with van der Waals surface area (Å²) >= 11 is 12.2. The Bertz CT molecular complexity index is 439. The van der Waals surface area contributed by atoms with Crippen molar-refractivity contribution < 1.29 is 4.79 Å².